The summed E-state index contributed by atoms with van der Waals surface area (Å²) in [5.41, 5.74) is 2.91. The van der Waals surface area contributed by atoms with Crippen molar-refractivity contribution < 1.29 is 28.7 Å². The number of amides is 4. The maximum atomic E-state index is 13.5. The number of H-pyrrole nitrogens is 1. The fourth-order valence-corrected chi connectivity index (χ4v) is 5.24. The van der Waals surface area contributed by atoms with Crippen LogP contribution in [0.5, 0.6) is 5.75 Å². The van der Waals surface area contributed by atoms with Crippen LogP contribution in [-0.2, 0) is 38.6 Å². The number of likely N-dealkylation sites (N-methyl/N-ethyl adjacent to an activating group) is 1. The minimum Gasteiger partial charge on any atom is -0.491 e. The highest BCUT2D eigenvalue weighted by atomic mass is 16.5. The van der Waals surface area contributed by atoms with E-state index in [0.717, 1.165) is 44.0 Å². The van der Waals surface area contributed by atoms with Crippen LogP contribution >= 0.6 is 0 Å². The molecule has 1 aromatic heterocycles. The first-order valence-corrected chi connectivity index (χ1v) is 15.1. The Bertz CT molecular complexity index is 1460. The summed E-state index contributed by atoms with van der Waals surface area (Å²) in [4.78, 5) is 64.2. The van der Waals surface area contributed by atoms with Crippen molar-refractivity contribution in [2.45, 2.75) is 38.0 Å². The van der Waals surface area contributed by atoms with Crippen LogP contribution in [0.1, 0.15) is 33.6 Å². The number of aromatic nitrogens is 2. The average molecular weight is 618 g/mol. The summed E-state index contributed by atoms with van der Waals surface area (Å²) in [6, 6.07) is 12.5. The van der Waals surface area contributed by atoms with Gasteiger partial charge in [0.05, 0.1) is 38.1 Å². The third-order valence-electron chi connectivity index (χ3n) is 7.82. The molecule has 13 heteroatoms. The van der Waals surface area contributed by atoms with Crippen LogP contribution in [0.15, 0.2) is 61.1 Å². The highest BCUT2D eigenvalue weighted by Crippen LogP contribution is 2.19. The summed E-state index contributed by atoms with van der Waals surface area (Å²) < 4.78 is 11.3. The fraction of sp³-hybridized carbons (Fsp3) is 0.406. The zero-order valence-electron chi connectivity index (χ0n) is 25.3. The Labute approximate surface area is 261 Å². The van der Waals surface area contributed by atoms with Gasteiger partial charge in [0.15, 0.2) is 0 Å². The third kappa shape index (κ3) is 8.89. The van der Waals surface area contributed by atoms with Crippen molar-refractivity contribution in [3.05, 3.63) is 83.4 Å². The smallest absolute Gasteiger partial charge is 0.255 e. The van der Waals surface area contributed by atoms with Gasteiger partial charge < -0.3 is 35.3 Å². The van der Waals surface area contributed by atoms with E-state index in [1.165, 1.54) is 11.2 Å². The van der Waals surface area contributed by atoms with E-state index in [9.17, 15) is 19.2 Å². The van der Waals surface area contributed by atoms with Crippen molar-refractivity contribution in [1.29, 1.82) is 0 Å². The number of rotatable bonds is 7. The van der Waals surface area contributed by atoms with Crippen LogP contribution in [0.3, 0.4) is 0 Å². The van der Waals surface area contributed by atoms with Gasteiger partial charge in [0.1, 0.15) is 24.4 Å². The molecule has 2 aliphatic heterocycles. The van der Waals surface area contributed by atoms with Crippen LogP contribution in [0.25, 0.3) is 0 Å². The van der Waals surface area contributed by atoms with Gasteiger partial charge in [0.25, 0.3) is 5.91 Å². The van der Waals surface area contributed by atoms with E-state index in [2.05, 4.69) is 30.8 Å². The number of nitrogens with zero attached hydrogens (tertiary/aromatic N) is 3. The minimum atomic E-state index is -1.21. The van der Waals surface area contributed by atoms with Crippen molar-refractivity contribution >= 4 is 23.6 Å². The van der Waals surface area contributed by atoms with Gasteiger partial charge in [-0.2, -0.15) is 0 Å². The molecule has 4 amide bonds. The lowest BCUT2D eigenvalue weighted by Crippen LogP contribution is -2.53. The molecule has 0 saturated carbocycles. The molecule has 13 nitrogen and oxygen atoms in total. The molecule has 3 aromatic rings. The summed E-state index contributed by atoms with van der Waals surface area (Å²) in [5, 5.41) is 8.32. The fourth-order valence-electron chi connectivity index (χ4n) is 5.24. The van der Waals surface area contributed by atoms with Gasteiger partial charge in [0, 0.05) is 51.5 Å². The Morgan fingerprint density at radius 3 is 2.49 bits per heavy atom. The lowest BCUT2D eigenvalue weighted by Gasteiger charge is -2.26. The molecule has 0 spiro atoms. The third-order valence-corrected chi connectivity index (χ3v) is 7.82. The van der Waals surface area contributed by atoms with Crippen molar-refractivity contribution in [1.82, 2.24) is 35.7 Å². The SMILES string of the molecule is CN1CCOc2ccccc2C(=O)N[C@H](C(=O)NCc2ccc(CN3CCOCC3)cc2)CC(=O)N[C@@H](Cc2cnc[nH]2)C1=O. The quantitative estimate of drug-likeness (QED) is 0.301. The number of hydrogen-bond donors (Lipinski definition) is 4. The van der Waals surface area contributed by atoms with Gasteiger partial charge >= 0.3 is 0 Å². The van der Waals surface area contributed by atoms with Crippen LogP contribution < -0.4 is 20.7 Å². The van der Waals surface area contributed by atoms with Crippen molar-refractivity contribution in [2.75, 3.05) is 46.5 Å². The van der Waals surface area contributed by atoms with Crippen molar-refractivity contribution in [3.63, 3.8) is 0 Å². The van der Waals surface area contributed by atoms with Gasteiger partial charge in [-0.05, 0) is 23.3 Å². The second-order valence-electron chi connectivity index (χ2n) is 11.2. The summed E-state index contributed by atoms with van der Waals surface area (Å²) >= 11 is 0. The zero-order valence-corrected chi connectivity index (χ0v) is 25.3. The molecule has 1 saturated heterocycles. The highest BCUT2D eigenvalue weighted by molar-refractivity contribution is 6.01. The molecule has 3 heterocycles. The van der Waals surface area contributed by atoms with Crippen LogP contribution in [0.2, 0.25) is 0 Å². The molecule has 0 radical (unpaired) electrons. The molecular formula is C32H39N7O6. The number of morpholine rings is 1. The molecule has 5 rings (SSSR count). The number of imidazole rings is 1. The van der Waals surface area contributed by atoms with Crippen LogP contribution in [-0.4, -0.2) is 102 Å². The van der Waals surface area contributed by atoms with Gasteiger partial charge in [-0.15, -0.1) is 0 Å². The number of carbonyl (C=O) groups excluding carboxylic acids is 4. The second-order valence-corrected chi connectivity index (χ2v) is 11.2. The Morgan fingerprint density at radius 2 is 1.73 bits per heavy atom. The molecule has 45 heavy (non-hydrogen) atoms. The Hall–Kier alpha value is -4.75. The summed E-state index contributed by atoms with van der Waals surface area (Å²) in [6.45, 7) is 4.62. The van der Waals surface area contributed by atoms with Gasteiger partial charge in [-0.1, -0.05) is 36.4 Å². The topological polar surface area (TPSA) is 158 Å². The maximum Gasteiger partial charge on any atom is 0.255 e. The maximum absolute atomic E-state index is 13.5. The van der Waals surface area contributed by atoms with E-state index in [-0.39, 0.29) is 44.0 Å². The molecule has 2 aromatic carbocycles. The molecule has 2 aliphatic rings. The highest BCUT2D eigenvalue weighted by Gasteiger charge is 2.30. The Balaban J connectivity index is 1.30. The molecule has 4 N–H and O–H groups in total. The number of ether oxygens (including phenoxy) is 2. The van der Waals surface area contributed by atoms with E-state index < -0.39 is 29.8 Å². The predicted octanol–water partition coefficient (Wildman–Crippen LogP) is 0.625. The number of benzene rings is 2. The van der Waals surface area contributed by atoms with Gasteiger partial charge in [-0.25, -0.2) is 4.98 Å². The number of nitrogens with one attached hydrogen (secondary N) is 4. The molecule has 238 valence electrons. The Morgan fingerprint density at radius 1 is 0.978 bits per heavy atom. The summed E-state index contributed by atoms with van der Waals surface area (Å²) in [5.74, 6) is -1.66. The minimum absolute atomic E-state index is 0.117. The van der Waals surface area contributed by atoms with Gasteiger partial charge in [-0.3, -0.25) is 24.1 Å². The molecule has 0 unspecified atom stereocenters. The lowest BCUT2D eigenvalue weighted by molar-refractivity contribution is -0.136. The van der Waals surface area contributed by atoms with Crippen molar-refractivity contribution in [3.8, 4) is 5.75 Å². The monoisotopic (exact) mass is 617 g/mol. The Kier molecular flexibility index (Phi) is 10.8. The molecular weight excluding hydrogens is 578 g/mol. The van der Waals surface area contributed by atoms with E-state index in [4.69, 9.17) is 9.47 Å². The number of hydrogen-bond acceptors (Lipinski definition) is 8. The van der Waals surface area contributed by atoms with Crippen LogP contribution in [0, 0.1) is 0 Å². The molecule has 1 fully saturated rings. The first-order chi connectivity index (χ1) is 21.9. The zero-order chi connectivity index (χ0) is 31.6. The van der Waals surface area contributed by atoms with Crippen molar-refractivity contribution in [2.24, 2.45) is 0 Å². The molecule has 0 aliphatic carbocycles. The van der Waals surface area contributed by atoms with Gasteiger partial charge in [0.2, 0.25) is 17.7 Å². The first kappa shape index (κ1) is 31.7. The largest absolute Gasteiger partial charge is 0.491 e. The first-order valence-electron chi connectivity index (χ1n) is 15.1. The van der Waals surface area contributed by atoms with E-state index in [1.807, 2.05) is 24.3 Å². The van der Waals surface area contributed by atoms with E-state index in [1.54, 1.807) is 37.5 Å². The van der Waals surface area contributed by atoms with E-state index >= 15 is 0 Å². The summed E-state index contributed by atoms with van der Waals surface area (Å²) in [7, 11) is 1.62. The number of fused-ring (bicyclic) bond motifs is 1. The number of para-hydroxylation sites is 1. The lowest BCUT2D eigenvalue weighted by atomic mass is 10.1. The van der Waals surface area contributed by atoms with E-state index in [0.29, 0.717) is 11.4 Å². The second kappa shape index (κ2) is 15.3. The van der Waals surface area contributed by atoms with Crippen LogP contribution in [0.4, 0.5) is 0 Å². The molecule has 0 bridgehead atoms. The normalized spacial score (nSPS) is 20.3. The number of carbonyl (C=O) groups is 4. The molecule has 2 atom stereocenters. The summed E-state index contributed by atoms with van der Waals surface area (Å²) in [6.07, 6.45) is 2.86. The number of aromatic amines is 1. The average Bonchev–Trinajstić information content (AvgIpc) is 3.57. The predicted molar refractivity (Wildman–Crippen MR) is 164 cm³/mol. The standard InChI is InChI=1S/C32H39N7O6/c1-38-10-15-45-28-5-3-2-4-25(28)30(41)37-26(17-29(40)36-27(32(38)43)16-24-19-33-21-35-24)31(42)34-18-22-6-8-23(9-7-22)20-39-11-13-44-14-12-39/h2-9,19,21,26-27H,10-18,20H2,1H3,(H,33,35)(H,34,42)(H,36,40)(H,37,41)/t26-,27-/m0/s1.